The van der Waals surface area contributed by atoms with Gasteiger partial charge in [0.2, 0.25) is 23.6 Å². The molecule has 14 nitrogen and oxygen atoms in total. The van der Waals surface area contributed by atoms with E-state index in [1.807, 2.05) is 6.92 Å². The SMILES string of the molecule is CCCC[C@@H](C)C[C@@H](C)C(=O)N(C)[C@@H](Cc1ccc(OC)cc1)C(=O)N[C@H](C(=O)N(C)[C@H](C(=O)N1CCC[C@H]1C(=O)N1C(=O)C=C[C@@H]1C)C(C)C)[C@@H](C)OC(C)=O. The summed E-state index contributed by atoms with van der Waals surface area (Å²) >= 11 is 0. The number of amides is 6. The number of imide groups is 1. The van der Waals surface area contributed by atoms with Crippen LogP contribution in [0.25, 0.3) is 0 Å². The van der Waals surface area contributed by atoms with Crippen molar-refractivity contribution in [1.29, 1.82) is 0 Å². The second-order valence-corrected chi connectivity index (χ2v) is 16.2. The molecule has 57 heavy (non-hydrogen) atoms. The van der Waals surface area contributed by atoms with Crippen molar-refractivity contribution in [2.45, 2.75) is 137 Å². The average Bonchev–Trinajstić information content (AvgIpc) is 3.79. The Balaban J connectivity index is 1.95. The van der Waals surface area contributed by atoms with Crippen LogP contribution in [0, 0.1) is 17.8 Å². The first-order valence-corrected chi connectivity index (χ1v) is 20.3. The number of likely N-dealkylation sites (tertiary alicyclic amines) is 1. The van der Waals surface area contributed by atoms with E-state index in [1.165, 1.54) is 41.7 Å². The van der Waals surface area contributed by atoms with Crippen LogP contribution in [-0.2, 0) is 44.7 Å². The lowest BCUT2D eigenvalue weighted by molar-refractivity contribution is -0.157. The molecular formula is C43H65N5O9. The van der Waals surface area contributed by atoms with Gasteiger partial charge in [-0.15, -0.1) is 0 Å². The summed E-state index contributed by atoms with van der Waals surface area (Å²) in [6.07, 6.45) is 6.57. The summed E-state index contributed by atoms with van der Waals surface area (Å²) < 4.78 is 10.8. The van der Waals surface area contributed by atoms with Gasteiger partial charge in [-0.1, -0.05) is 72.1 Å². The highest BCUT2D eigenvalue weighted by atomic mass is 16.5. The number of carbonyl (C=O) groups is 7. The quantitative estimate of drug-likeness (QED) is 0.160. The molecule has 1 fully saturated rings. The molecule has 0 aromatic heterocycles. The Labute approximate surface area is 338 Å². The van der Waals surface area contributed by atoms with Crippen molar-refractivity contribution in [3.8, 4) is 5.75 Å². The van der Waals surface area contributed by atoms with E-state index in [2.05, 4.69) is 19.2 Å². The van der Waals surface area contributed by atoms with Crippen molar-refractivity contribution < 1.29 is 43.0 Å². The molecular weight excluding hydrogens is 730 g/mol. The lowest BCUT2D eigenvalue weighted by atomic mass is 9.91. The third-order valence-corrected chi connectivity index (χ3v) is 11.2. The monoisotopic (exact) mass is 795 g/mol. The minimum atomic E-state index is -1.45. The molecule has 6 amide bonds. The minimum Gasteiger partial charge on any atom is -0.497 e. The molecule has 0 spiro atoms. The fourth-order valence-electron chi connectivity index (χ4n) is 8.00. The Hall–Kier alpha value is -4.75. The van der Waals surface area contributed by atoms with E-state index >= 15 is 0 Å². The number of hydrogen-bond acceptors (Lipinski definition) is 9. The van der Waals surface area contributed by atoms with Gasteiger partial charge in [-0.25, -0.2) is 0 Å². The van der Waals surface area contributed by atoms with Gasteiger partial charge in [0.05, 0.1) is 13.2 Å². The Morgan fingerprint density at radius 2 is 1.61 bits per heavy atom. The van der Waals surface area contributed by atoms with Crippen LogP contribution in [0.15, 0.2) is 36.4 Å². The molecule has 1 aromatic rings. The number of rotatable bonds is 19. The largest absolute Gasteiger partial charge is 0.497 e. The van der Waals surface area contributed by atoms with E-state index in [4.69, 9.17) is 9.47 Å². The molecule has 2 heterocycles. The molecule has 316 valence electrons. The highest BCUT2D eigenvalue weighted by Crippen LogP contribution is 2.27. The topological polar surface area (TPSA) is 163 Å². The summed E-state index contributed by atoms with van der Waals surface area (Å²) in [7, 11) is 4.57. The van der Waals surface area contributed by atoms with Gasteiger partial charge in [0.15, 0.2) is 0 Å². The van der Waals surface area contributed by atoms with Crippen LogP contribution in [0.4, 0.5) is 0 Å². The molecule has 0 saturated carbocycles. The van der Waals surface area contributed by atoms with Crippen molar-refractivity contribution in [3.63, 3.8) is 0 Å². The lowest BCUT2D eigenvalue weighted by Gasteiger charge is -2.38. The number of nitrogens with one attached hydrogen (secondary N) is 1. The molecule has 1 aromatic carbocycles. The fourth-order valence-corrected chi connectivity index (χ4v) is 8.00. The number of carbonyl (C=O) groups excluding carboxylic acids is 7. The first-order valence-electron chi connectivity index (χ1n) is 20.3. The van der Waals surface area contributed by atoms with Crippen LogP contribution in [-0.4, -0.2) is 125 Å². The first kappa shape index (κ1) is 46.6. The predicted octanol–water partition coefficient (Wildman–Crippen LogP) is 4.14. The number of nitrogens with zero attached hydrogens (tertiary/aromatic N) is 4. The summed E-state index contributed by atoms with van der Waals surface area (Å²) in [5.74, 6) is -3.52. The number of benzene rings is 1. The number of unbranched alkanes of at least 4 members (excludes halogenated alkanes) is 1. The number of methoxy groups -OCH3 is 1. The van der Waals surface area contributed by atoms with Gasteiger partial charge in [0.25, 0.3) is 11.8 Å². The zero-order valence-corrected chi connectivity index (χ0v) is 35.8. The highest BCUT2D eigenvalue weighted by Gasteiger charge is 2.46. The molecule has 0 bridgehead atoms. The molecule has 3 rings (SSSR count). The van der Waals surface area contributed by atoms with Gasteiger partial charge < -0.3 is 29.5 Å². The fraction of sp³-hybridized carbons (Fsp3) is 0.651. The molecule has 2 aliphatic heterocycles. The van der Waals surface area contributed by atoms with Crippen molar-refractivity contribution >= 4 is 41.4 Å². The Morgan fingerprint density at radius 1 is 0.965 bits per heavy atom. The van der Waals surface area contributed by atoms with E-state index in [0.29, 0.717) is 30.9 Å². The molecule has 1 saturated heterocycles. The van der Waals surface area contributed by atoms with Crippen LogP contribution in [0.5, 0.6) is 5.75 Å². The normalized spacial score (nSPS) is 19.7. The summed E-state index contributed by atoms with van der Waals surface area (Å²) in [4.78, 5) is 101. The molecule has 8 atom stereocenters. The molecule has 14 heteroatoms. The number of ether oxygens (including phenoxy) is 2. The lowest BCUT2D eigenvalue weighted by Crippen LogP contribution is -2.62. The smallest absolute Gasteiger partial charge is 0.302 e. The minimum absolute atomic E-state index is 0.111. The maximum absolute atomic E-state index is 14.6. The van der Waals surface area contributed by atoms with E-state index in [-0.39, 0.29) is 24.8 Å². The van der Waals surface area contributed by atoms with E-state index in [1.54, 1.807) is 65.3 Å². The maximum Gasteiger partial charge on any atom is 0.302 e. The third-order valence-electron chi connectivity index (χ3n) is 11.2. The van der Waals surface area contributed by atoms with Crippen molar-refractivity contribution in [2.24, 2.45) is 17.8 Å². The van der Waals surface area contributed by atoms with E-state index in [9.17, 15) is 33.6 Å². The molecule has 0 radical (unpaired) electrons. The van der Waals surface area contributed by atoms with Crippen molar-refractivity contribution in [2.75, 3.05) is 27.7 Å². The maximum atomic E-state index is 14.6. The third kappa shape index (κ3) is 11.9. The molecule has 2 aliphatic rings. The van der Waals surface area contributed by atoms with Crippen molar-refractivity contribution in [3.05, 3.63) is 42.0 Å². The van der Waals surface area contributed by atoms with Crippen LogP contribution in [0.3, 0.4) is 0 Å². The van der Waals surface area contributed by atoms with Gasteiger partial charge in [0.1, 0.15) is 36.0 Å². The summed E-state index contributed by atoms with van der Waals surface area (Å²) in [5.41, 5.74) is 0.744. The highest BCUT2D eigenvalue weighted by molar-refractivity contribution is 6.06. The first-order chi connectivity index (χ1) is 26.8. The van der Waals surface area contributed by atoms with Gasteiger partial charge in [0, 0.05) is 46.0 Å². The zero-order chi connectivity index (χ0) is 42.7. The van der Waals surface area contributed by atoms with E-state index in [0.717, 1.165) is 29.7 Å². The van der Waals surface area contributed by atoms with Crippen LogP contribution >= 0.6 is 0 Å². The molecule has 1 N–H and O–H groups in total. The Bertz CT molecular complexity index is 1630. The van der Waals surface area contributed by atoms with Gasteiger partial charge in [-0.3, -0.25) is 38.5 Å². The Morgan fingerprint density at radius 3 is 2.16 bits per heavy atom. The van der Waals surface area contributed by atoms with Gasteiger partial charge in [-0.05, 0) is 62.6 Å². The number of esters is 1. The zero-order valence-electron chi connectivity index (χ0n) is 35.8. The van der Waals surface area contributed by atoms with Gasteiger partial charge in [-0.2, -0.15) is 0 Å². The number of likely N-dealkylation sites (N-methyl/N-ethyl adjacent to an activating group) is 2. The van der Waals surface area contributed by atoms with E-state index < -0.39 is 77.7 Å². The predicted molar refractivity (Wildman–Crippen MR) is 215 cm³/mol. The summed E-state index contributed by atoms with van der Waals surface area (Å²) in [5, 5.41) is 2.81. The second kappa shape index (κ2) is 21.1. The van der Waals surface area contributed by atoms with Crippen LogP contribution in [0.2, 0.25) is 0 Å². The van der Waals surface area contributed by atoms with Crippen LogP contribution < -0.4 is 10.1 Å². The summed E-state index contributed by atoms with van der Waals surface area (Å²) in [6.45, 7) is 14.3. The Kier molecular flexibility index (Phi) is 17.3. The average molecular weight is 796 g/mol. The van der Waals surface area contributed by atoms with Crippen molar-refractivity contribution in [1.82, 2.24) is 24.9 Å². The standard InChI is InChI=1S/C43H65N5O9/c1-12-13-15-27(4)24-28(5)40(52)45(9)35(25-32-18-20-33(56-11)21-19-32)39(51)44-37(30(7)57-31(8)49)42(54)46(10)38(26(2)3)43(55)47-23-14-16-34(47)41(53)48-29(6)17-22-36(48)50/h17-22,26-30,34-35,37-38H,12-16,23-25H2,1-11H3,(H,44,51)/t27-,28-,29+,30-,34+,35+,37+,38+/m1/s1. The summed E-state index contributed by atoms with van der Waals surface area (Å²) in [6, 6.07) is 2.22. The molecule has 0 unspecified atom stereocenters. The van der Waals surface area contributed by atoms with Gasteiger partial charge >= 0.3 is 5.97 Å². The van der Waals surface area contributed by atoms with Crippen LogP contribution in [0.1, 0.15) is 99.5 Å². The number of hydrogen-bond donors (Lipinski definition) is 1. The molecule has 0 aliphatic carbocycles. The second-order valence-electron chi connectivity index (χ2n) is 16.2.